The van der Waals surface area contributed by atoms with Crippen LogP contribution in [0.5, 0.6) is 0 Å². The van der Waals surface area contributed by atoms with Gasteiger partial charge in [-0.1, -0.05) is 24.3 Å². The van der Waals surface area contributed by atoms with E-state index in [2.05, 4.69) is 10.2 Å². The van der Waals surface area contributed by atoms with Crippen LogP contribution in [0, 0.1) is 0 Å². The molecule has 9 nitrogen and oxygen atoms in total. The van der Waals surface area contributed by atoms with Gasteiger partial charge in [0.2, 0.25) is 0 Å². The molecule has 4 aromatic rings. The fraction of sp³-hybridized carbons (Fsp3) is 0.227. The van der Waals surface area contributed by atoms with E-state index in [1.54, 1.807) is 40.0 Å². The second-order valence-electron chi connectivity index (χ2n) is 7.86. The van der Waals surface area contributed by atoms with E-state index in [1.165, 1.54) is 0 Å². The van der Waals surface area contributed by atoms with Gasteiger partial charge in [-0.25, -0.2) is 13.1 Å². The van der Waals surface area contributed by atoms with E-state index in [1.807, 2.05) is 18.2 Å². The van der Waals surface area contributed by atoms with Crippen molar-refractivity contribution >= 4 is 26.6 Å². The number of rotatable bonds is 2. The lowest BCUT2D eigenvalue weighted by atomic mass is 10.0. The van der Waals surface area contributed by atoms with Crippen LogP contribution in [0.1, 0.15) is 16.1 Å². The summed E-state index contributed by atoms with van der Waals surface area (Å²) in [5.74, 6) is -0.552. The molecule has 2 aromatic carbocycles. The van der Waals surface area contributed by atoms with Gasteiger partial charge in [-0.2, -0.15) is 10.2 Å². The molecule has 1 fully saturated rings. The maximum absolute atomic E-state index is 13.4. The Morgan fingerprint density at radius 1 is 1.06 bits per heavy atom. The molecular formula is C22H19N5O4S. The highest BCUT2D eigenvalue weighted by molar-refractivity contribution is 7.90. The molecule has 1 N–H and O–H groups in total. The zero-order valence-electron chi connectivity index (χ0n) is 17.0. The normalized spacial score (nSPS) is 17.2. The van der Waals surface area contributed by atoms with Gasteiger partial charge in [-0.05, 0) is 18.2 Å². The fourth-order valence-corrected chi connectivity index (χ4v) is 6.06. The van der Waals surface area contributed by atoms with Gasteiger partial charge in [0.05, 0.1) is 47.0 Å². The second kappa shape index (κ2) is 7.01. The molecule has 0 aliphatic carbocycles. The minimum Gasteiger partial charge on any atom is -0.378 e. The van der Waals surface area contributed by atoms with E-state index in [4.69, 9.17) is 9.84 Å². The van der Waals surface area contributed by atoms with E-state index >= 15 is 0 Å². The number of carbonyl (C=O) groups is 1. The van der Waals surface area contributed by atoms with Crippen LogP contribution in [-0.2, 0) is 20.3 Å². The molecule has 4 heterocycles. The zero-order chi connectivity index (χ0) is 21.9. The largest absolute Gasteiger partial charge is 0.378 e. The summed E-state index contributed by atoms with van der Waals surface area (Å²) in [6.07, 6.45) is 1.70. The number of hydrogen-bond donors (Lipinski definition) is 1. The zero-order valence-corrected chi connectivity index (χ0v) is 17.8. The number of morpholine rings is 1. The Bertz CT molecular complexity index is 1480. The Morgan fingerprint density at radius 3 is 2.72 bits per heavy atom. The van der Waals surface area contributed by atoms with Crippen LogP contribution in [0.3, 0.4) is 0 Å². The van der Waals surface area contributed by atoms with Crippen molar-refractivity contribution in [3.05, 3.63) is 59.9 Å². The summed E-state index contributed by atoms with van der Waals surface area (Å²) in [4.78, 5) is 15.4. The van der Waals surface area contributed by atoms with Crippen molar-refractivity contribution in [1.82, 2.24) is 24.9 Å². The lowest BCUT2D eigenvalue weighted by Gasteiger charge is -2.26. The van der Waals surface area contributed by atoms with E-state index in [0.29, 0.717) is 43.1 Å². The number of nitrogens with one attached hydrogen (secondary N) is 1. The number of sulfone groups is 1. The summed E-state index contributed by atoms with van der Waals surface area (Å²) < 4.78 is 33.3. The van der Waals surface area contributed by atoms with Gasteiger partial charge in [0, 0.05) is 29.6 Å². The first-order chi connectivity index (χ1) is 15.5. The van der Waals surface area contributed by atoms with Gasteiger partial charge >= 0.3 is 0 Å². The molecule has 0 spiro atoms. The van der Waals surface area contributed by atoms with E-state index in [0.717, 1.165) is 16.6 Å². The molecule has 2 aromatic heterocycles. The summed E-state index contributed by atoms with van der Waals surface area (Å²) in [6, 6.07) is 12.5. The second-order valence-corrected chi connectivity index (χ2v) is 9.81. The van der Waals surface area contributed by atoms with Crippen molar-refractivity contribution in [2.45, 2.75) is 10.6 Å². The fourth-order valence-electron chi connectivity index (χ4n) is 4.46. The van der Waals surface area contributed by atoms with E-state index < -0.39 is 9.84 Å². The predicted octanol–water partition coefficient (Wildman–Crippen LogP) is 2.18. The number of H-pyrrole nitrogens is 1. The molecular weight excluding hydrogens is 430 g/mol. The number of benzene rings is 2. The molecule has 162 valence electrons. The topological polar surface area (TPSA) is 110 Å². The Kier molecular flexibility index (Phi) is 4.21. The molecule has 6 rings (SSSR count). The molecule has 0 saturated carbocycles. The lowest BCUT2D eigenvalue weighted by Crippen LogP contribution is -2.41. The molecule has 2 aliphatic rings. The van der Waals surface area contributed by atoms with Gasteiger partial charge in [-0.3, -0.25) is 9.89 Å². The summed E-state index contributed by atoms with van der Waals surface area (Å²) in [5.41, 5.74) is 3.32. The van der Waals surface area contributed by atoms with Crippen LogP contribution in [0.2, 0.25) is 0 Å². The van der Waals surface area contributed by atoms with Crippen LogP contribution in [-0.4, -0.2) is 65.5 Å². The van der Waals surface area contributed by atoms with Crippen molar-refractivity contribution in [2.24, 2.45) is 0 Å². The quantitative estimate of drug-likeness (QED) is 0.502. The molecule has 10 heteroatoms. The van der Waals surface area contributed by atoms with Crippen LogP contribution in [0.25, 0.3) is 27.8 Å². The average molecular weight is 449 g/mol. The Labute approximate surface area is 183 Å². The first-order valence-electron chi connectivity index (χ1n) is 10.3. The maximum atomic E-state index is 13.4. The number of aromatic amines is 1. The maximum Gasteiger partial charge on any atom is 0.274 e. The number of ether oxygens (including phenoxy) is 1. The standard InChI is InChI=1S/C22H19N5O4S/c28-22(26-8-10-31-11-9-26)20-16-13-32(29,30)19-7-2-1-4-14(19)21(16)27(25-20)18-6-3-5-17-15(18)12-23-24-17/h1-7,12H,8-11,13H2,(H,23,24). The number of fused-ring (bicyclic) bond motifs is 4. The smallest absolute Gasteiger partial charge is 0.274 e. The van der Waals surface area contributed by atoms with E-state index in [9.17, 15) is 13.2 Å². The molecule has 2 aliphatic heterocycles. The lowest BCUT2D eigenvalue weighted by molar-refractivity contribution is 0.0298. The molecule has 0 unspecified atom stereocenters. The first kappa shape index (κ1) is 19.2. The highest BCUT2D eigenvalue weighted by atomic mass is 32.2. The SMILES string of the molecule is O=C(c1nn(-c2cccc3[nH]ncc23)c2c1CS(=O)(=O)c1ccccc1-2)N1CCOCC1. The van der Waals surface area contributed by atoms with Gasteiger partial charge in [-0.15, -0.1) is 0 Å². The van der Waals surface area contributed by atoms with Crippen molar-refractivity contribution in [2.75, 3.05) is 26.3 Å². The van der Waals surface area contributed by atoms with Crippen molar-refractivity contribution in [1.29, 1.82) is 0 Å². The van der Waals surface area contributed by atoms with Gasteiger partial charge in [0.1, 0.15) is 0 Å². The summed E-state index contributed by atoms with van der Waals surface area (Å²) >= 11 is 0. The first-order valence-corrected chi connectivity index (χ1v) is 11.9. The Hall–Kier alpha value is -3.50. The predicted molar refractivity (Wildman–Crippen MR) is 116 cm³/mol. The van der Waals surface area contributed by atoms with Crippen LogP contribution < -0.4 is 0 Å². The highest BCUT2D eigenvalue weighted by Gasteiger charge is 2.37. The molecule has 0 atom stereocenters. The van der Waals surface area contributed by atoms with Gasteiger partial charge in [0.15, 0.2) is 15.5 Å². The van der Waals surface area contributed by atoms with E-state index in [-0.39, 0.29) is 22.2 Å². The minimum absolute atomic E-state index is 0.167. The van der Waals surface area contributed by atoms with Crippen LogP contribution in [0.4, 0.5) is 0 Å². The van der Waals surface area contributed by atoms with Crippen molar-refractivity contribution in [3.8, 4) is 16.9 Å². The van der Waals surface area contributed by atoms with Gasteiger partial charge < -0.3 is 9.64 Å². The molecule has 1 saturated heterocycles. The third kappa shape index (κ3) is 2.80. The summed E-state index contributed by atoms with van der Waals surface area (Å²) in [6.45, 7) is 1.79. The number of amides is 1. The van der Waals surface area contributed by atoms with Crippen LogP contribution >= 0.6 is 0 Å². The molecule has 0 radical (unpaired) electrons. The van der Waals surface area contributed by atoms with Crippen molar-refractivity contribution < 1.29 is 17.9 Å². The van der Waals surface area contributed by atoms with Crippen LogP contribution in [0.15, 0.2) is 53.6 Å². The average Bonchev–Trinajstić information content (AvgIpc) is 3.44. The molecule has 0 bridgehead atoms. The number of nitrogens with zero attached hydrogens (tertiary/aromatic N) is 4. The Morgan fingerprint density at radius 2 is 1.88 bits per heavy atom. The van der Waals surface area contributed by atoms with Crippen molar-refractivity contribution in [3.63, 3.8) is 0 Å². The number of carbonyl (C=O) groups excluding carboxylic acids is 1. The third-order valence-corrected chi connectivity index (χ3v) is 7.68. The van der Waals surface area contributed by atoms with Gasteiger partial charge in [0.25, 0.3) is 5.91 Å². The number of aromatic nitrogens is 4. The summed E-state index contributed by atoms with van der Waals surface area (Å²) in [7, 11) is -3.61. The monoisotopic (exact) mass is 449 g/mol. The minimum atomic E-state index is -3.61. The third-order valence-electron chi connectivity index (χ3n) is 5.99. The Balaban J connectivity index is 1.64. The highest BCUT2D eigenvalue weighted by Crippen LogP contribution is 2.41. The molecule has 1 amide bonds. The number of hydrogen-bond acceptors (Lipinski definition) is 6. The summed E-state index contributed by atoms with van der Waals surface area (Å²) in [5, 5.41) is 12.6. The molecule has 32 heavy (non-hydrogen) atoms.